The maximum Gasteiger partial charge on any atom is 0.230 e. The van der Waals surface area contributed by atoms with Crippen molar-refractivity contribution >= 4 is 11.7 Å². The Hall–Kier alpha value is -2.81. The lowest BCUT2D eigenvalue weighted by Crippen LogP contribution is -2.25. The average Bonchev–Trinajstić information content (AvgIpc) is 3.24. The van der Waals surface area contributed by atoms with Crippen LogP contribution < -0.4 is 5.32 Å². The fourth-order valence-electron chi connectivity index (χ4n) is 2.81. The third-order valence-electron chi connectivity index (χ3n) is 4.28. The number of amides is 1. The first-order valence-electron chi connectivity index (χ1n) is 7.71. The molecule has 0 spiro atoms. The molecule has 0 bridgehead atoms. The lowest BCUT2D eigenvalue weighted by atomic mass is 10.1. The van der Waals surface area contributed by atoms with E-state index in [1.165, 1.54) is 5.56 Å². The van der Waals surface area contributed by atoms with Crippen molar-refractivity contribution in [3.63, 3.8) is 0 Å². The van der Waals surface area contributed by atoms with Gasteiger partial charge in [0, 0.05) is 19.3 Å². The molecule has 1 saturated heterocycles. The van der Waals surface area contributed by atoms with Crippen molar-refractivity contribution in [2.75, 3.05) is 18.4 Å². The minimum atomic E-state index is -0.147. The molecule has 1 N–H and O–H groups in total. The lowest BCUT2D eigenvalue weighted by Gasteiger charge is -2.13. The third kappa shape index (κ3) is 3.34. The van der Waals surface area contributed by atoms with Gasteiger partial charge in [-0.1, -0.05) is 30.3 Å². The number of nitriles is 1. The second-order valence-electron chi connectivity index (χ2n) is 5.81. The highest BCUT2D eigenvalue weighted by molar-refractivity contribution is 5.91. The van der Waals surface area contributed by atoms with E-state index in [4.69, 9.17) is 5.26 Å². The summed E-state index contributed by atoms with van der Waals surface area (Å²) in [5.74, 6) is 0.333. The van der Waals surface area contributed by atoms with Crippen molar-refractivity contribution in [1.82, 2.24) is 14.5 Å². The topological polar surface area (TPSA) is 74.0 Å². The molecule has 1 fully saturated rings. The van der Waals surface area contributed by atoms with Crippen LogP contribution >= 0.6 is 0 Å². The van der Waals surface area contributed by atoms with Crippen LogP contribution in [0.4, 0.5) is 5.82 Å². The minimum absolute atomic E-state index is 0.0691. The second kappa shape index (κ2) is 6.53. The monoisotopic (exact) mass is 309 g/mol. The Balaban J connectivity index is 1.64. The van der Waals surface area contributed by atoms with E-state index in [0.29, 0.717) is 25.3 Å². The van der Waals surface area contributed by atoms with E-state index in [-0.39, 0.29) is 17.9 Å². The average molecular weight is 309 g/mol. The molecule has 6 heteroatoms. The van der Waals surface area contributed by atoms with Gasteiger partial charge in [-0.25, -0.2) is 4.98 Å². The Bertz CT molecular complexity index is 718. The molecule has 1 aromatic heterocycles. The van der Waals surface area contributed by atoms with Gasteiger partial charge in [0.15, 0.2) is 12.0 Å². The number of carbonyl (C=O) groups is 1. The van der Waals surface area contributed by atoms with Crippen LogP contribution in [-0.2, 0) is 4.79 Å². The zero-order valence-corrected chi connectivity index (χ0v) is 13.0. The highest BCUT2D eigenvalue weighted by Crippen LogP contribution is 2.20. The molecule has 118 valence electrons. The first-order chi connectivity index (χ1) is 11.2. The summed E-state index contributed by atoms with van der Waals surface area (Å²) in [6.45, 7) is 3.22. The Labute approximate surface area is 135 Å². The van der Waals surface area contributed by atoms with Crippen LogP contribution in [0.25, 0.3) is 0 Å². The Morgan fingerprint density at radius 3 is 2.91 bits per heavy atom. The summed E-state index contributed by atoms with van der Waals surface area (Å²) in [6, 6.07) is 10.3. The van der Waals surface area contributed by atoms with Gasteiger partial charge in [0.05, 0.1) is 18.3 Å². The standard InChI is InChI=1S/C17H19N5O/c1-13(14-5-3-2-4-6-14)22-10-16(19-12-22)20-17(23)15-7-8-21(9-15)11-18/h2-6,10,12-13,15H,7-9H2,1H3,(H,20,23)/t13-,15-/m0/s1. The molecule has 23 heavy (non-hydrogen) atoms. The van der Waals surface area contributed by atoms with Gasteiger partial charge in [-0.2, -0.15) is 5.26 Å². The molecule has 3 rings (SSSR count). The van der Waals surface area contributed by atoms with E-state index in [9.17, 15) is 4.79 Å². The molecule has 2 atom stereocenters. The number of benzene rings is 1. The normalized spacial score (nSPS) is 18.4. The summed E-state index contributed by atoms with van der Waals surface area (Å²) in [5.41, 5.74) is 1.18. The number of imidazole rings is 1. The molecule has 0 aliphatic carbocycles. The number of rotatable bonds is 4. The summed E-state index contributed by atoms with van der Waals surface area (Å²) in [6.07, 6.45) is 6.36. The highest BCUT2D eigenvalue weighted by atomic mass is 16.2. The van der Waals surface area contributed by atoms with E-state index >= 15 is 0 Å². The molecule has 6 nitrogen and oxygen atoms in total. The van der Waals surface area contributed by atoms with Gasteiger partial charge in [0.1, 0.15) is 0 Å². The molecule has 2 aromatic rings. The van der Waals surface area contributed by atoms with Gasteiger partial charge in [0.25, 0.3) is 0 Å². The SMILES string of the molecule is C[C@@H](c1ccccc1)n1cnc(NC(=O)[C@H]2CCN(C#N)C2)c1. The highest BCUT2D eigenvalue weighted by Gasteiger charge is 2.28. The second-order valence-corrected chi connectivity index (χ2v) is 5.81. The van der Waals surface area contributed by atoms with Crippen molar-refractivity contribution in [3.05, 3.63) is 48.4 Å². The van der Waals surface area contributed by atoms with E-state index in [1.807, 2.05) is 29.0 Å². The van der Waals surface area contributed by atoms with Gasteiger partial charge in [-0.3, -0.25) is 4.79 Å². The zero-order valence-electron chi connectivity index (χ0n) is 13.0. The van der Waals surface area contributed by atoms with E-state index < -0.39 is 0 Å². The van der Waals surface area contributed by atoms with Crippen LogP contribution in [-0.4, -0.2) is 33.4 Å². The molecule has 0 radical (unpaired) electrons. The first kappa shape index (κ1) is 15.1. The number of anilines is 1. The van der Waals surface area contributed by atoms with Crippen molar-refractivity contribution in [3.8, 4) is 6.19 Å². The van der Waals surface area contributed by atoms with E-state index in [2.05, 4.69) is 35.6 Å². The molecular weight excluding hydrogens is 290 g/mol. The maximum absolute atomic E-state index is 12.2. The van der Waals surface area contributed by atoms with E-state index in [0.717, 1.165) is 0 Å². The van der Waals surface area contributed by atoms with Crippen LogP contribution in [0, 0.1) is 17.4 Å². The summed E-state index contributed by atoms with van der Waals surface area (Å²) >= 11 is 0. The largest absolute Gasteiger partial charge is 0.328 e. The Morgan fingerprint density at radius 1 is 1.43 bits per heavy atom. The van der Waals surface area contributed by atoms with Gasteiger partial charge < -0.3 is 14.8 Å². The molecule has 1 aliphatic heterocycles. The van der Waals surface area contributed by atoms with Crippen molar-refractivity contribution in [2.24, 2.45) is 5.92 Å². The zero-order chi connectivity index (χ0) is 16.2. The Morgan fingerprint density at radius 2 is 2.22 bits per heavy atom. The number of likely N-dealkylation sites (tertiary alicyclic amines) is 1. The number of hydrogen-bond donors (Lipinski definition) is 1. The number of nitrogens with zero attached hydrogens (tertiary/aromatic N) is 4. The van der Waals surface area contributed by atoms with Gasteiger partial charge in [-0.15, -0.1) is 0 Å². The summed E-state index contributed by atoms with van der Waals surface area (Å²) in [5, 5.41) is 11.7. The molecule has 1 aromatic carbocycles. The predicted octanol–water partition coefficient (Wildman–Crippen LogP) is 2.23. The molecular formula is C17H19N5O. The van der Waals surface area contributed by atoms with Crippen molar-refractivity contribution in [2.45, 2.75) is 19.4 Å². The molecule has 0 unspecified atom stereocenters. The summed E-state index contributed by atoms with van der Waals surface area (Å²) in [4.78, 5) is 18.1. The summed E-state index contributed by atoms with van der Waals surface area (Å²) < 4.78 is 1.97. The van der Waals surface area contributed by atoms with Crippen LogP contribution in [0.5, 0.6) is 0 Å². The van der Waals surface area contributed by atoms with E-state index in [1.54, 1.807) is 11.2 Å². The molecule has 1 aliphatic rings. The number of nitrogens with one attached hydrogen (secondary N) is 1. The number of hydrogen-bond acceptors (Lipinski definition) is 4. The lowest BCUT2D eigenvalue weighted by molar-refractivity contribution is -0.119. The van der Waals surface area contributed by atoms with Crippen molar-refractivity contribution < 1.29 is 4.79 Å². The van der Waals surface area contributed by atoms with Gasteiger partial charge in [0.2, 0.25) is 5.91 Å². The maximum atomic E-state index is 12.2. The van der Waals surface area contributed by atoms with Crippen LogP contribution in [0.3, 0.4) is 0 Å². The predicted molar refractivity (Wildman–Crippen MR) is 86.4 cm³/mol. The first-order valence-corrected chi connectivity index (χ1v) is 7.71. The summed E-state index contributed by atoms with van der Waals surface area (Å²) in [7, 11) is 0. The molecule has 0 saturated carbocycles. The Kier molecular flexibility index (Phi) is 4.29. The third-order valence-corrected chi connectivity index (χ3v) is 4.28. The molecule has 1 amide bonds. The van der Waals surface area contributed by atoms with Gasteiger partial charge >= 0.3 is 0 Å². The van der Waals surface area contributed by atoms with Crippen LogP contribution in [0.1, 0.15) is 24.9 Å². The fraction of sp³-hybridized carbons (Fsp3) is 0.353. The minimum Gasteiger partial charge on any atom is -0.328 e. The van der Waals surface area contributed by atoms with Crippen molar-refractivity contribution in [1.29, 1.82) is 5.26 Å². The number of carbonyl (C=O) groups excluding carboxylic acids is 1. The van der Waals surface area contributed by atoms with Gasteiger partial charge in [-0.05, 0) is 18.9 Å². The quantitative estimate of drug-likeness (QED) is 0.879. The number of aromatic nitrogens is 2. The fourth-order valence-corrected chi connectivity index (χ4v) is 2.81. The van der Waals surface area contributed by atoms with Crippen LogP contribution in [0.2, 0.25) is 0 Å². The molecule has 2 heterocycles. The van der Waals surface area contributed by atoms with Crippen LogP contribution in [0.15, 0.2) is 42.9 Å². The smallest absolute Gasteiger partial charge is 0.230 e.